The molecule has 1 aromatic heterocycles. The summed E-state index contributed by atoms with van der Waals surface area (Å²) in [6, 6.07) is 14.2. The number of aromatic nitrogens is 2. The Hall–Kier alpha value is -3.21. The maximum atomic E-state index is 14.4. The number of benzene rings is 2. The summed E-state index contributed by atoms with van der Waals surface area (Å²) in [5.74, 6) is 0.291. The van der Waals surface area contributed by atoms with Crippen molar-refractivity contribution in [3.63, 3.8) is 0 Å². The van der Waals surface area contributed by atoms with Crippen molar-refractivity contribution >= 4 is 34.3 Å². The number of rotatable bonds is 7. The number of aryl methyl sites for hydroxylation is 2. The van der Waals surface area contributed by atoms with E-state index in [2.05, 4.69) is 61.3 Å². The summed E-state index contributed by atoms with van der Waals surface area (Å²) in [5, 5.41) is 0. The third-order valence-corrected chi connectivity index (χ3v) is 10.5. The number of carbonyl (C=O) groups excluding carboxylic acids is 1. The van der Waals surface area contributed by atoms with E-state index in [-0.39, 0.29) is 59.1 Å². The van der Waals surface area contributed by atoms with Crippen molar-refractivity contribution in [3.05, 3.63) is 65.2 Å². The summed E-state index contributed by atoms with van der Waals surface area (Å²) >= 11 is 0. The van der Waals surface area contributed by atoms with E-state index >= 15 is 0 Å². The summed E-state index contributed by atoms with van der Waals surface area (Å²) in [7, 11) is -1.94. The van der Waals surface area contributed by atoms with E-state index in [1.165, 1.54) is 12.1 Å². The van der Waals surface area contributed by atoms with Gasteiger partial charge in [0.15, 0.2) is 0 Å². The molecule has 256 valence electrons. The van der Waals surface area contributed by atoms with Gasteiger partial charge in [-0.25, -0.2) is 18.1 Å². The summed E-state index contributed by atoms with van der Waals surface area (Å²) in [6.07, 6.45) is 3.53. The Kier molecular flexibility index (Phi) is 11.3. The summed E-state index contributed by atoms with van der Waals surface area (Å²) in [4.78, 5) is 27.9. The number of nitrogens with zero attached hydrogens (tertiary/aromatic N) is 4. The highest BCUT2D eigenvalue weighted by Gasteiger charge is 2.42. The molecule has 9 nitrogen and oxygen atoms in total. The lowest BCUT2D eigenvalue weighted by molar-refractivity contribution is 0.00116. The first-order valence-electron chi connectivity index (χ1n) is 16.4. The van der Waals surface area contributed by atoms with Crippen molar-refractivity contribution in [1.82, 2.24) is 19.8 Å². The maximum absolute atomic E-state index is 14.4. The third kappa shape index (κ3) is 8.64. The normalized spacial score (nSPS) is 21.0. The predicted octanol–water partition coefficient (Wildman–Crippen LogP) is 7.13. The SMILES string of the molecule is Cc1cccc(C)c1-c1cc2nc(n1)NS(=O)(=O)c1cccc(c1)C(=O)N(C1CC(N(C)CCC(C)(C)C)C1)[C@H](CC(C)C)CO2.Cl. The molecule has 11 heteroatoms. The van der Waals surface area contributed by atoms with Crippen LogP contribution >= 0.6 is 12.4 Å². The number of hydrogen-bond donors (Lipinski definition) is 1. The first-order valence-corrected chi connectivity index (χ1v) is 17.8. The lowest BCUT2D eigenvalue weighted by Gasteiger charge is -2.49. The van der Waals surface area contributed by atoms with Gasteiger partial charge in [-0.2, -0.15) is 4.98 Å². The van der Waals surface area contributed by atoms with Crippen LogP contribution in [0.1, 0.15) is 81.8 Å². The molecule has 47 heavy (non-hydrogen) atoms. The van der Waals surface area contributed by atoms with Gasteiger partial charge >= 0.3 is 0 Å². The molecule has 1 fully saturated rings. The Balaban J connectivity index is 0.00000500. The zero-order valence-electron chi connectivity index (χ0n) is 28.9. The van der Waals surface area contributed by atoms with Crippen LogP contribution in [0.4, 0.5) is 5.95 Å². The second-order valence-electron chi connectivity index (χ2n) is 14.7. The molecular formula is C36H50ClN5O4S. The number of ether oxygens (including phenoxy) is 1. The van der Waals surface area contributed by atoms with Crippen LogP contribution < -0.4 is 9.46 Å². The van der Waals surface area contributed by atoms with Gasteiger partial charge in [0.05, 0.1) is 16.6 Å². The maximum Gasteiger partial charge on any atom is 0.264 e. The molecular weight excluding hydrogens is 634 g/mol. The molecule has 2 aliphatic rings. The highest BCUT2D eigenvalue weighted by atomic mass is 35.5. The fraction of sp³-hybridized carbons (Fsp3) is 0.528. The zero-order valence-corrected chi connectivity index (χ0v) is 30.5. The smallest absolute Gasteiger partial charge is 0.264 e. The average molecular weight is 684 g/mol. The number of sulfonamides is 1. The van der Waals surface area contributed by atoms with Gasteiger partial charge in [0, 0.05) is 29.3 Å². The van der Waals surface area contributed by atoms with Gasteiger partial charge in [-0.1, -0.05) is 58.9 Å². The lowest BCUT2D eigenvalue weighted by atomic mass is 9.82. The minimum absolute atomic E-state index is 0. The van der Waals surface area contributed by atoms with Crippen molar-refractivity contribution in [2.45, 2.75) is 97.2 Å². The van der Waals surface area contributed by atoms with Gasteiger partial charge in [0.25, 0.3) is 15.9 Å². The predicted molar refractivity (Wildman–Crippen MR) is 190 cm³/mol. The molecule has 2 aromatic carbocycles. The van der Waals surface area contributed by atoms with Gasteiger partial charge < -0.3 is 14.5 Å². The summed E-state index contributed by atoms with van der Waals surface area (Å²) < 4.78 is 36.2. The van der Waals surface area contributed by atoms with Gasteiger partial charge in [-0.3, -0.25) is 4.79 Å². The number of halogens is 1. The molecule has 1 amide bonds. The topological polar surface area (TPSA) is 105 Å². The standard InChI is InChI=1S/C36H49N5O4S.ClH/c1-23(2)17-29-22-45-32-21-31(33-24(3)11-9-12-25(33)4)37-35(38-32)39-46(43,44)30-14-10-13-26(18-30)34(42)41(29)28-19-27(20-28)40(8)16-15-36(5,6)7;/h9-14,18,21,23,27-29H,15-17,19-20,22H2,1-8H3,(H,37,38,39);1H/t27?,28?,29-;/m1./s1. The minimum atomic E-state index is -4.11. The van der Waals surface area contributed by atoms with E-state index in [1.54, 1.807) is 18.2 Å². The quantitative estimate of drug-likeness (QED) is 0.283. The average Bonchev–Trinajstić information content (AvgIpc) is 2.94. The van der Waals surface area contributed by atoms with Crippen LogP contribution in [-0.2, 0) is 10.0 Å². The van der Waals surface area contributed by atoms with Crippen molar-refractivity contribution < 1.29 is 17.9 Å². The van der Waals surface area contributed by atoms with Gasteiger partial charge in [-0.15, -0.1) is 12.4 Å². The van der Waals surface area contributed by atoms with E-state index < -0.39 is 10.0 Å². The highest BCUT2D eigenvalue weighted by molar-refractivity contribution is 7.92. The third-order valence-electron chi connectivity index (χ3n) is 9.17. The van der Waals surface area contributed by atoms with Gasteiger partial charge in [0.2, 0.25) is 11.8 Å². The number of anilines is 1. The molecule has 1 aliphatic heterocycles. The van der Waals surface area contributed by atoms with E-state index in [0.29, 0.717) is 23.2 Å². The fourth-order valence-corrected chi connectivity index (χ4v) is 7.46. The molecule has 0 radical (unpaired) electrons. The molecule has 1 N–H and O–H groups in total. The zero-order chi connectivity index (χ0) is 33.4. The van der Waals surface area contributed by atoms with E-state index in [9.17, 15) is 13.2 Å². The monoisotopic (exact) mass is 683 g/mol. The van der Waals surface area contributed by atoms with Crippen LogP contribution in [0, 0.1) is 25.2 Å². The molecule has 0 unspecified atom stereocenters. The molecule has 0 saturated heterocycles. The first-order chi connectivity index (χ1) is 21.6. The highest BCUT2D eigenvalue weighted by Crippen LogP contribution is 2.35. The Morgan fingerprint density at radius 3 is 2.34 bits per heavy atom. The minimum Gasteiger partial charge on any atom is -0.475 e. The summed E-state index contributed by atoms with van der Waals surface area (Å²) in [5.41, 5.74) is 4.06. The van der Waals surface area contributed by atoms with Crippen LogP contribution in [0.25, 0.3) is 11.3 Å². The molecule has 2 heterocycles. The van der Waals surface area contributed by atoms with Crippen molar-refractivity contribution in [3.8, 4) is 17.1 Å². The lowest BCUT2D eigenvalue weighted by Crippen LogP contribution is -2.59. The van der Waals surface area contributed by atoms with Crippen LogP contribution in [0.2, 0.25) is 0 Å². The Morgan fingerprint density at radius 1 is 1.04 bits per heavy atom. The molecule has 3 aromatic rings. The number of hydrogen-bond acceptors (Lipinski definition) is 7. The molecule has 0 spiro atoms. The second kappa shape index (κ2) is 14.5. The summed E-state index contributed by atoms with van der Waals surface area (Å²) in [6.45, 7) is 16.3. The molecule has 1 aliphatic carbocycles. The van der Waals surface area contributed by atoms with Crippen LogP contribution in [-0.4, -0.2) is 72.4 Å². The van der Waals surface area contributed by atoms with Crippen LogP contribution in [0.15, 0.2) is 53.4 Å². The Labute approximate surface area is 287 Å². The van der Waals surface area contributed by atoms with Crippen LogP contribution in [0.5, 0.6) is 5.88 Å². The number of fused-ring (bicyclic) bond motifs is 4. The fourth-order valence-electron chi connectivity index (χ4n) is 6.47. The van der Waals surface area contributed by atoms with Crippen molar-refractivity contribution in [2.24, 2.45) is 11.3 Å². The number of nitrogens with one attached hydrogen (secondary N) is 1. The van der Waals surface area contributed by atoms with Gasteiger partial charge in [0.1, 0.15) is 6.61 Å². The molecule has 5 rings (SSSR count). The Bertz CT molecular complexity index is 1660. The van der Waals surface area contributed by atoms with Crippen molar-refractivity contribution in [2.75, 3.05) is 24.9 Å². The van der Waals surface area contributed by atoms with Crippen molar-refractivity contribution in [1.29, 1.82) is 0 Å². The van der Waals surface area contributed by atoms with Gasteiger partial charge in [-0.05, 0) is 93.8 Å². The van der Waals surface area contributed by atoms with E-state index in [1.807, 2.05) is 36.9 Å². The largest absolute Gasteiger partial charge is 0.475 e. The first kappa shape index (κ1) is 36.6. The van der Waals surface area contributed by atoms with E-state index in [0.717, 1.165) is 48.9 Å². The molecule has 4 bridgehead atoms. The second-order valence-corrected chi connectivity index (χ2v) is 16.4. The number of amides is 1. The molecule has 1 atom stereocenters. The number of carbonyl (C=O) groups is 1. The molecule has 1 saturated carbocycles. The van der Waals surface area contributed by atoms with E-state index in [4.69, 9.17) is 4.74 Å². The van der Waals surface area contributed by atoms with Crippen LogP contribution in [0.3, 0.4) is 0 Å². The Morgan fingerprint density at radius 2 is 1.70 bits per heavy atom.